The van der Waals surface area contributed by atoms with Crippen molar-refractivity contribution in [2.75, 3.05) is 18.1 Å². The summed E-state index contributed by atoms with van der Waals surface area (Å²) < 4.78 is 25.1. The Hall–Kier alpha value is -1.83. The molecule has 0 spiro atoms. The second-order valence-corrected chi connectivity index (χ2v) is 5.48. The Labute approximate surface area is 141 Å². The molecule has 0 saturated carbocycles. The molecule has 2 aromatic carbocycles. The summed E-state index contributed by atoms with van der Waals surface area (Å²) in [5.74, 6) is -1.09. The van der Waals surface area contributed by atoms with Crippen LogP contribution in [0.1, 0.15) is 10.4 Å². The van der Waals surface area contributed by atoms with Crippen molar-refractivity contribution in [3.05, 3.63) is 47.8 Å². The van der Waals surface area contributed by atoms with Gasteiger partial charge in [-0.1, -0.05) is 34.7 Å². The Balaban J connectivity index is 2.36. The van der Waals surface area contributed by atoms with E-state index in [4.69, 9.17) is 14.6 Å². The number of hydrogen-bond donors (Lipinski definition) is 1. The predicted octanol–water partition coefficient (Wildman–Crippen LogP) is 4.01. The van der Waals surface area contributed by atoms with Crippen LogP contribution >= 0.6 is 22.6 Å². The second kappa shape index (κ2) is 7.44. The summed E-state index contributed by atoms with van der Waals surface area (Å²) in [6.07, 6.45) is 0. The summed E-state index contributed by atoms with van der Waals surface area (Å²) in [7, 11) is 1.40. The molecule has 0 amide bonds. The monoisotopic (exact) mass is 416 g/mol. The van der Waals surface area contributed by atoms with Crippen LogP contribution in [0.2, 0.25) is 0 Å². The molecule has 0 radical (unpaired) electrons. The molecule has 0 aliphatic rings. The Morgan fingerprint density at radius 3 is 2.45 bits per heavy atom. The van der Waals surface area contributed by atoms with Gasteiger partial charge in [0.15, 0.2) is 11.6 Å². The molecule has 2 aromatic rings. The summed E-state index contributed by atoms with van der Waals surface area (Å²) in [6.45, 7) is 0.442. The van der Waals surface area contributed by atoms with E-state index in [9.17, 15) is 9.18 Å². The van der Waals surface area contributed by atoms with Crippen molar-refractivity contribution in [2.45, 2.75) is 0 Å². The van der Waals surface area contributed by atoms with E-state index in [2.05, 4.69) is 22.6 Å². The van der Waals surface area contributed by atoms with Gasteiger partial charge in [0.1, 0.15) is 11.3 Å². The molecule has 0 heterocycles. The number of hydrogen-bond acceptors (Lipinski definition) is 3. The molecule has 1 N–H and O–H groups in total. The van der Waals surface area contributed by atoms with Gasteiger partial charge in [0.05, 0.1) is 13.7 Å². The molecule has 22 heavy (non-hydrogen) atoms. The highest BCUT2D eigenvalue weighted by atomic mass is 127. The molecule has 0 aliphatic carbocycles. The lowest BCUT2D eigenvalue weighted by Crippen LogP contribution is -2.01. The van der Waals surface area contributed by atoms with Crippen molar-refractivity contribution in [3.8, 4) is 22.6 Å². The average molecular weight is 416 g/mol. The first-order valence-corrected chi connectivity index (χ1v) is 7.99. The Bertz CT molecular complexity index is 688. The first-order chi connectivity index (χ1) is 10.6. The lowest BCUT2D eigenvalue weighted by molar-refractivity contribution is 0.0693. The van der Waals surface area contributed by atoms with Crippen molar-refractivity contribution in [1.29, 1.82) is 0 Å². The molecule has 0 atom stereocenters. The first kappa shape index (κ1) is 16.5. The van der Waals surface area contributed by atoms with Gasteiger partial charge in [-0.15, -0.1) is 0 Å². The number of halogens is 2. The topological polar surface area (TPSA) is 55.8 Å². The van der Waals surface area contributed by atoms with Crippen LogP contribution in [0, 0.1) is 5.82 Å². The maximum atomic E-state index is 14.0. The number of aromatic carboxylic acids is 1. The van der Waals surface area contributed by atoms with Crippen LogP contribution in [0.15, 0.2) is 36.4 Å². The molecule has 0 aliphatic heterocycles. The standard InChI is InChI=1S/C16H14FIO4/c1-21-15-9-11(2-4-12(15)16(19)20)10-3-5-14(13(17)8-10)22-7-6-18/h2-5,8-9H,6-7H2,1H3,(H,19,20). The zero-order valence-corrected chi connectivity index (χ0v) is 14.0. The van der Waals surface area contributed by atoms with Crippen LogP contribution in [-0.4, -0.2) is 29.2 Å². The average Bonchev–Trinajstić information content (AvgIpc) is 2.52. The highest BCUT2D eigenvalue weighted by Crippen LogP contribution is 2.30. The highest BCUT2D eigenvalue weighted by Gasteiger charge is 2.13. The largest absolute Gasteiger partial charge is 0.496 e. The molecule has 116 valence electrons. The fraction of sp³-hybridized carbons (Fsp3) is 0.188. The molecule has 0 unspecified atom stereocenters. The number of carboxylic acids is 1. The van der Waals surface area contributed by atoms with Crippen molar-refractivity contribution in [1.82, 2.24) is 0 Å². The zero-order chi connectivity index (χ0) is 16.1. The summed E-state index contributed by atoms with van der Waals surface area (Å²) in [5.41, 5.74) is 1.35. The van der Waals surface area contributed by atoms with Crippen LogP contribution < -0.4 is 9.47 Å². The number of carboxylic acid groups (broad SMARTS) is 1. The number of carbonyl (C=O) groups is 1. The Morgan fingerprint density at radius 2 is 1.86 bits per heavy atom. The van der Waals surface area contributed by atoms with E-state index in [-0.39, 0.29) is 17.1 Å². The minimum absolute atomic E-state index is 0.0636. The molecule has 0 aromatic heterocycles. The second-order valence-electron chi connectivity index (χ2n) is 4.40. The zero-order valence-electron chi connectivity index (χ0n) is 11.8. The third-order valence-electron chi connectivity index (χ3n) is 3.03. The number of benzene rings is 2. The van der Waals surface area contributed by atoms with Gasteiger partial charge in [0.25, 0.3) is 0 Å². The van der Waals surface area contributed by atoms with Gasteiger partial charge < -0.3 is 14.6 Å². The Morgan fingerprint density at radius 1 is 1.18 bits per heavy atom. The van der Waals surface area contributed by atoms with Crippen molar-refractivity contribution in [3.63, 3.8) is 0 Å². The molecule has 2 rings (SSSR count). The molecular weight excluding hydrogens is 402 g/mol. The van der Waals surface area contributed by atoms with E-state index in [1.165, 1.54) is 19.2 Å². The van der Waals surface area contributed by atoms with Crippen LogP contribution in [-0.2, 0) is 0 Å². The van der Waals surface area contributed by atoms with Crippen LogP contribution in [0.3, 0.4) is 0 Å². The molecule has 0 saturated heterocycles. The molecule has 0 bridgehead atoms. The maximum absolute atomic E-state index is 14.0. The summed E-state index contributed by atoms with van der Waals surface area (Å²) in [4.78, 5) is 11.1. The number of alkyl halides is 1. The van der Waals surface area contributed by atoms with E-state index in [1.807, 2.05) is 0 Å². The summed E-state index contributed by atoms with van der Waals surface area (Å²) in [5, 5.41) is 9.06. The van der Waals surface area contributed by atoms with Gasteiger partial charge >= 0.3 is 5.97 Å². The lowest BCUT2D eigenvalue weighted by Gasteiger charge is -2.10. The van der Waals surface area contributed by atoms with Gasteiger partial charge in [-0.2, -0.15) is 0 Å². The van der Waals surface area contributed by atoms with Gasteiger partial charge in [0, 0.05) is 4.43 Å². The SMILES string of the molecule is COc1cc(-c2ccc(OCCI)c(F)c2)ccc1C(=O)O. The number of rotatable bonds is 6. The molecule has 0 fully saturated rings. The smallest absolute Gasteiger partial charge is 0.339 e. The van der Waals surface area contributed by atoms with Gasteiger partial charge in [0.2, 0.25) is 0 Å². The van der Waals surface area contributed by atoms with Gasteiger partial charge in [-0.05, 0) is 35.4 Å². The van der Waals surface area contributed by atoms with E-state index >= 15 is 0 Å². The first-order valence-electron chi connectivity index (χ1n) is 6.47. The van der Waals surface area contributed by atoms with E-state index < -0.39 is 11.8 Å². The van der Waals surface area contributed by atoms with E-state index in [1.54, 1.807) is 24.3 Å². The van der Waals surface area contributed by atoms with Crippen LogP contribution in [0.5, 0.6) is 11.5 Å². The minimum Gasteiger partial charge on any atom is -0.496 e. The lowest BCUT2D eigenvalue weighted by atomic mass is 10.0. The van der Waals surface area contributed by atoms with Crippen molar-refractivity contribution < 1.29 is 23.8 Å². The quantitative estimate of drug-likeness (QED) is 0.571. The fourth-order valence-corrected chi connectivity index (χ4v) is 2.21. The molecule has 6 heteroatoms. The number of methoxy groups -OCH3 is 1. The van der Waals surface area contributed by atoms with Gasteiger partial charge in [-0.25, -0.2) is 9.18 Å². The summed E-state index contributed by atoms with van der Waals surface area (Å²) in [6, 6.07) is 9.28. The maximum Gasteiger partial charge on any atom is 0.339 e. The van der Waals surface area contributed by atoms with Crippen molar-refractivity contribution >= 4 is 28.6 Å². The third-order valence-corrected chi connectivity index (χ3v) is 3.47. The minimum atomic E-state index is -1.07. The normalized spacial score (nSPS) is 10.3. The molecule has 4 nitrogen and oxygen atoms in total. The van der Waals surface area contributed by atoms with Gasteiger partial charge in [-0.3, -0.25) is 0 Å². The number of ether oxygens (including phenoxy) is 2. The Kier molecular flexibility index (Phi) is 5.59. The van der Waals surface area contributed by atoms with Crippen LogP contribution in [0.4, 0.5) is 4.39 Å². The van der Waals surface area contributed by atoms with Crippen LogP contribution in [0.25, 0.3) is 11.1 Å². The fourth-order valence-electron chi connectivity index (χ4n) is 1.99. The predicted molar refractivity (Wildman–Crippen MR) is 89.7 cm³/mol. The van der Waals surface area contributed by atoms with E-state index in [0.717, 1.165) is 4.43 Å². The molecular formula is C16H14FIO4. The third kappa shape index (κ3) is 3.68. The van der Waals surface area contributed by atoms with Crippen molar-refractivity contribution in [2.24, 2.45) is 0 Å². The summed E-state index contributed by atoms with van der Waals surface area (Å²) >= 11 is 2.15. The highest BCUT2D eigenvalue weighted by molar-refractivity contribution is 14.1. The van der Waals surface area contributed by atoms with E-state index in [0.29, 0.717) is 17.7 Å².